The molecule has 0 atom stereocenters. The average Bonchev–Trinajstić information content (AvgIpc) is 2.61. The van der Waals surface area contributed by atoms with Crippen molar-refractivity contribution < 1.29 is 0 Å². The summed E-state index contributed by atoms with van der Waals surface area (Å²) in [5, 5.41) is 0. The van der Waals surface area contributed by atoms with Gasteiger partial charge in [0.05, 0.1) is 0 Å². The molecule has 0 unspecified atom stereocenters. The zero-order valence-electron chi connectivity index (χ0n) is 5.72. The Labute approximate surface area is 57.0 Å². The van der Waals surface area contributed by atoms with Crippen molar-refractivity contribution in [3.05, 3.63) is 12.7 Å². The van der Waals surface area contributed by atoms with E-state index in [1.54, 1.807) is 0 Å². The molecule has 1 radical (unpaired) electrons. The molecule has 49 valence electrons. The van der Waals surface area contributed by atoms with E-state index in [9.17, 15) is 0 Å². The molecular weight excluding hydrogens is 108 g/mol. The number of rotatable bonds is 3. The van der Waals surface area contributed by atoms with Crippen molar-refractivity contribution in [3.63, 3.8) is 0 Å². The van der Waals surface area contributed by atoms with Crippen LogP contribution in [0.4, 0.5) is 0 Å². The molecule has 0 bridgehead atoms. The lowest BCUT2D eigenvalue weighted by Crippen LogP contribution is -1.99. The first-order chi connectivity index (χ1) is 4.42. The summed E-state index contributed by atoms with van der Waals surface area (Å²) >= 11 is 0. The molecule has 0 amide bonds. The lowest BCUT2D eigenvalue weighted by atomic mass is 9.99. The molecule has 2 saturated carbocycles. The highest BCUT2D eigenvalue weighted by atomic mass is 14.4. The van der Waals surface area contributed by atoms with E-state index in [4.69, 9.17) is 6.58 Å². The summed E-state index contributed by atoms with van der Waals surface area (Å²) in [5.74, 6) is 2.77. The first-order valence-corrected chi connectivity index (χ1v) is 3.97. The van der Waals surface area contributed by atoms with Crippen molar-refractivity contribution in [1.29, 1.82) is 0 Å². The van der Waals surface area contributed by atoms with Gasteiger partial charge in [-0.2, -0.15) is 0 Å². The number of hydrogen-bond acceptors (Lipinski definition) is 0. The van der Waals surface area contributed by atoms with Crippen LogP contribution in [-0.2, 0) is 0 Å². The van der Waals surface area contributed by atoms with Crippen LogP contribution in [-0.4, -0.2) is 0 Å². The van der Waals surface area contributed by atoms with E-state index in [2.05, 4.69) is 0 Å². The van der Waals surface area contributed by atoms with Gasteiger partial charge >= 0.3 is 0 Å². The van der Waals surface area contributed by atoms with E-state index in [1.165, 1.54) is 25.7 Å². The van der Waals surface area contributed by atoms with Crippen molar-refractivity contribution >= 4 is 0 Å². The minimum absolute atomic E-state index is 0.796. The molecule has 0 aromatic heterocycles. The zero-order valence-corrected chi connectivity index (χ0v) is 5.72. The summed E-state index contributed by atoms with van der Waals surface area (Å²) < 4.78 is 0. The van der Waals surface area contributed by atoms with Crippen molar-refractivity contribution in [2.75, 3.05) is 0 Å². The molecule has 0 saturated heterocycles. The highest BCUT2D eigenvalue weighted by Gasteiger charge is 2.39. The maximum Gasteiger partial charge on any atom is -0.0174 e. The Bertz CT molecular complexity index is 106. The minimum Gasteiger partial charge on any atom is -0.0809 e. The SMILES string of the molecule is [CH]=CC(C1CC1)C1CC1. The van der Waals surface area contributed by atoms with Gasteiger partial charge in [0.2, 0.25) is 0 Å². The monoisotopic (exact) mass is 121 g/mol. The van der Waals surface area contributed by atoms with Gasteiger partial charge in [0.1, 0.15) is 0 Å². The molecule has 2 rings (SSSR count). The van der Waals surface area contributed by atoms with Crippen LogP contribution in [0.1, 0.15) is 25.7 Å². The second kappa shape index (κ2) is 1.86. The Morgan fingerprint density at radius 2 is 1.56 bits per heavy atom. The third-order valence-electron chi connectivity index (χ3n) is 2.55. The minimum atomic E-state index is 0.796. The van der Waals surface area contributed by atoms with Gasteiger partial charge in [0, 0.05) is 0 Å². The van der Waals surface area contributed by atoms with E-state index in [0.29, 0.717) is 0 Å². The summed E-state index contributed by atoms with van der Waals surface area (Å²) in [6, 6.07) is 0. The van der Waals surface area contributed by atoms with Gasteiger partial charge in [0.25, 0.3) is 0 Å². The first kappa shape index (κ1) is 5.52. The summed E-state index contributed by atoms with van der Waals surface area (Å²) in [6.07, 6.45) is 7.70. The zero-order chi connectivity index (χ0) is 6.27. The van der Waals surface area contributed by atoms with Crippen molar-refractivity contribution in [3.8, 4) is 0 Å². The Kier molecular flexibility index (Phi) is 1.14. The van der Waals surface area contributed by atoms with Crippen LogP contribution in [0.2, 0.25) is 0 Å². The predicted molar refractivity (Wildman–Crippen MR) is 37.8 cm³/mol. The summed E-state index contributed by atoms with van der Waals surface area (Å²) in [6.45, 7) is 5.53. The van der Waals surface area contributed by atoms with Gasteiger partial charge in [-0.1, -0.05) is 12.7 Å². The summed E-state index contributed by atoms with van der Waals surface area (Å²) in [4.78, 5) is 0. The summed E-state index contributed by atoms with van der Waals surface area (Å²) in [5.41, 5.74) is 0. The van der Waals surface area contributed by atoms with Crippen LogP contribution in [0.5, 0.6) is 0 Å². The molecule has 0 spiro atoms. The Balaban J connectivity index is 1.92. The van der Waals surface area contributed by atoms with Gasteiger partial charge < -0.3 is 0 Å². The second-order valence-corrected chi connectivity index (χ2v) is 3.44. The van der Waals surface area contributed by atoms with Crippen LogP contribution >= 0.6 is 0 Å². The molecule has 0 nitrogen and oxygen atoms in total. The maximum atomic E-state index is 5.53. The molecule has 2 aliphatic rings. The number of hydrogen-bond donors (Lipinski definition) is 0. The third kappa shape index (κ3) is 1.03. The quantitative estimate of drug-likeness (QED) is 0.538. The van der Waals surface area contributed by atoms with E-state index < -0.39 is 0 Å². The van der Waals surface area contributed by atoms with Crippen LogP contribution < -0.4 is 0 Å². The molecule has 0 aromatic carbocycles. The van der Waals surface area contributed by atoms with E-state index in [-0.39, 0.29) is 0 Å². The van der Waals surface area contributed by atoms with Crippen LogP contribution in [0.25, 0.3) is 0 Å². The number of allylic oxidation sites excluding steroid dienone is 1. The average molecular weight is 121 g/mol. The van der Waals surface area contributed by atoms with Crippen LogP contribution in [0.3, 0.4) is 0 Å². The highest BCUT2D eigenvalue weighted by molar-refractivity contribution is 4.98. The molecule has 0 N–H and O–H groups in total. The Morgan fingerprint density at radius 1 is 1.11 bits per heavy atom. The molecule has 9 heavy (non-hydrogen) atoms. The third-order valence-corrected chi connectivity index (χ3v) is 2.55. The molecule has 2 aliphatic carbocycles. The van der Waals surface area contributed by atoms with Gasteiger partial charge in [-0.15, -0.1) is 0 Å². The Hall–Kier alpha value is -0.260. The van der Waals surface area contributed by atoms with Gasteiger partial charge in [-0.25, -0.2) is 0 Å². The standard InChI is InChI=1S/C9H13/c1-2-9(7-3-4-7)8-5-6-8/h1-2,7-9H,3-6H2. The van der Waals surface area contributed by atoms with E-state index in [1.807, 2.05) is 6.08 Å². The maximum absolute atomic E-state index is 5.53. The van der Waals surface area contributed by atoms with Crippen LogP contribution in [0.15, 0.2) is 6.08 Å². The molecule has 0 aromatic rings. The van der Waals surface area contributed by atoms with Gasteiger partial charge in [0.15, 0.2) is 0 Å². The van der Waals surface area contributed by atoms with Crippen LogP contribution in [0, 0.1) is 24.3 Å². The topological polar surface area (TPSA) is 0 Å². The molecule has 0 aliphatic heterocycles. The van der Waals surface area contributed by atoms with Gasteiger partial charge in [-0.05, 0) is 43.4 Å². The molecule has 0 heterocycles. The lowest BCUT2D eigenvalue weighted by molar-refractivity contribution is 0.501. The van der Waals surface area contributed by atoms with Crippen molar-refractivity contribution in [2.45, 2.75) is 25.7 Å². The first-order valence-electron chi connectivity index (χ1n) is 3.97. The Morgan fingerprint density at radius 3 is 1.78 bits per heavy atom. The van der Waals surface area contributed by atoms with E-state index in [0.717, 1.165) is 17.8 Å². The van der Waals surface area contributed by atoms with Crippen molar-refractivity contribution in [2.24, 2.45) is 17.8 Å². The molecule has 2 fully saturated rings. The fourth-order valence-electron chi connectivity index (χ4n) is 1.66. The van der Waals surface area contributed by atoms with Gasteiger partial charge in [-0.3, -0.25) is 0 Å². The summed E-state index contributed by atoms with van der Waals surface area (Å²) in [7, 11) is 0. The largest absolute Gasteiger partial charge is 0.0809 e. The molecular formula is C9H13. The smallest absolute Gasteiger partial charge is 0.0174 e. The predicted octanol–water partition coefficient (Wildman–Crippen LogP) is 2.41. The highest BCUT2D eigenvalue weighted by Crippen LogP contribution is 2.49. The molecule has 0 heteroatoms. The lowest BCUT2D eigenvalue weighted by Gasteiger charge is -2.06. The second-order valence-electron chi connectivity index (χ2n) is 3.44. The van der Waals surface area contributed by atoms with E-state index >= 15 is 0 Å². The fourth-order valence-corrected chi connectivity index (χ4v) is 1.66. The van der Waals surface area contributed by atoms with Crippen molar-refractivity contribution in [1.82, 2.24) is 0 Å². The normalized spacial score (nSPS) is 26.8. The fraction of sp³-hybridized carbons (Fsp3) is 0.778.